The van der Waals surface area contributed by atoms with Crippen LogP contribution in [0.2, 0.25) is 0 Å². The third-order valence-corrected chi connectivity index (χ3v) is 3.40. The first-order chi connectivity index (χ1) is 9.12. The van der Waals surface area contributed by atoms with Gasteiger partial charge in [0.1, 0.15) is 6.67 Å². The molecule has 0 saturated carbocycles. The zero-order valence-electron chi connectivity index (χ0n) is 11.8. The summed E-state index contributed by atoms with van der Waals surface area (Å²) in [5, 5.41) is 9.43. The Balaban J connectivity index is 2.51. The van der Waals surface area contributed by atoms with E-state index in [9.17, 15) is 9.50 Å². The summed E-state index contributed by atoms with van der Waals surface area (Å²) in [6, 6.07) is -0.644. The summed E-state index contributed by atoms with van der Waals surface area (Å²) in [5.74, 6) is 0. The Morgan fingerprint density at radius 3 is 2.84 bits per heavy atom. The molecule has 0 aromatic rings. The van der Waals surface area contributed by atoms with Gasteiger partial charge in [0.25, 0.3) is 0 Å². The maximum Gasteiger partial charge on any atom is 0.107 e. The molecule has 1 aliphatic rings. The summed E-state index contributed by atoms with van der Waals surface area (Å²) >= 11 is 0. The van der Waals surface area contributed by atoms with Crippen molar-refractivity contribution in [2.24, 2.45) is 5.73 Å². The Kier molecular flexibility index (Phi) is 7.23. The van der Waals surface area contributed by atoms with E-state index < -0.39 is 18.8 Å². The lowest BCUT2D eigenvalue weighted by atomic mass is 10.0. The Morgan fingerprint density at radius 1 is 1.63 bits per heavy atom. The van der Waals surface area contributed by atoms with Crippen LogP contribution in [0.5, 0.6) is 0 Å². The molecule has 0 bridgehead atoms. The number of ether oxygens (including phenoxy) is 1. The quantitative estimate of drug-likeness (QED) is 0.675. The lowest BCUT2D eigenvalue weighted by molar-refractivity contribution is 0.102. The third kappa shape index (κ3) is 5.03. The van der Waals surface area contributed by atoms with E-state index >= 15 is 0 Å². The number of nitrogens with zero attached hydrogens (tertiary/aromatic N) is 1. The van der Waals surface area contributed by atoms with Gasteiger partial charge in [-0.1, -0.05) is 18.2 Å². The second kappa shape index (κ2) is 8.43. The maximum atomic E-state index is 12.6. The highest BCUT2D eigenvalue weighted by Crippen LogP contribution is 2.13. The zero-order valence-corrected chi connectivity index (χ0v) is 11.8. The van der Waals surface area contributed by atoms with Crippen LogP contribution in [0.15, 0.2) is 23.8 Å². The number of hydrogen-bond donors (Lipinski definition) is 2. The van der Waals surface area contributed by atoms with Crippen molar-refractivity contribution in [2.45, 2.75) is 31.6 Å². The fourth-order valence-electron chi connectivity index (χ4n) is 2.31. The van der Waals surface area contributed by atoms with Gasteiger partial charge < -0.3 is 15.6 Å². The predicted octanol–water partition coefficient (Wildman–Crippen LogP) is 0.867. The molecule has 0 aromatic heterocycles. The second-order valence-corrected chi connectivity index (χ2v) is 4.87. The molecular weight excluding hydrogens is 247 g/mol. The molecule has 3 N–H and O–H groups in total. The number of allylic oxidation sites excluding steroid dienone is 1. The fraction of sp³-hybridized carbons (Fsp3) is 0.714. The van der Waals surface area contributed by atoms with Gasteiger partial charge in [-0.3, -0.25) is 4.90 Å². The lowest BCUT2D eigenvalue weighted by Crippen LogP contribution is -2.39. The zero-order chi connectivity index (χ0) is 14.3. The van der Waals surface area contributed by atoms with Gasteiger partial charge in [0.05, 0.1) is 18.2 Å². The number of rotatable bonds is 7. The predicted molar refractivity (Wildman–Crippen MR) is 74.7 cm³/mol. The molecule has 1 fully saturated rings. The van der Waals surface area contributed by atoms with Crippen LogP contribution < -0.4 is 5.73 Å². The standard InChI is InChI=1S/C14H25FN2O2/c1-3-11(14(19-2)13(16)9-15)5-4-7-17-8-6-12(18)10-17/h3-5,12-14,18H,6-10,16H2,1-2H3/b5-4-,11-3+. The lowest BCUT2D eigenvalue weighted by Gasteiger charge is -2.21. The molecule has 3 unspecified atom stereocenters. The van der Waals surface area contributed by atoms with Crippen LogP contribution in [0.4, 0.5) is 4.39 Å². The summed E-state index contributed by atoms with van der Waals surface area (Å²) in [5.41, 5.74) is 6.58. The summed E-state index contributed by atoms with van der Waals surface area (Å²) in [4.78, 5) is 2.17. The van der Waals surface area contributed by atoms with E-state index in [1.165, 1.54) is 7.11 Å². The van der Waals surface area contributed by atoms with Crippen LogP contribution in [0.25, 0.3) is 0 Å². The Labute approximate surface area is 114 Å². The number of alkyl halides is 1. The molecule has 1 rings (SSSR count). The van der Waals surface area contributed by atoms with Crippen molar-refractivity contribution in [1.82, 2.24) is 4.90 Å². The van der Waals surface area contributed by atoms with Gasteiger partial charge in [0, 0.05) is 26.7 Å². The van der Waals surface area contributed by atoms with Crippen LogP contribution >= 0.6 is 0 Å². The van der Waals surface area contributed by atoms with E-state index in [1.54, 1.807) is 0 Å². The first-order valence-corrected chi connectivity index (χ1v) is 6.69. The van der Waals surface area contributed by atoms with Crippen molar-refractivity contribution in [2.75, 3.05) is 33.4 Å². The molecule has 0 aliphatic carbocycles. The van der Waals surface area contributed by atoms with Crippen LogP contribution in [0, 0.1) is 0 Å². The van der Waals surface area contributed by atoms with E-state index in [0.29, 0.717) is 6.54 Å². The Morgan fingerprint density at radius 2 is 2.37 bits per heavy atom. The molecule has 0 spiro atoms. The van der Waals surface area contributed by atoms with Gasteiger partial charge in [0.15, 0.2) is 0 Å². The minimum Gasteiger partial charge on any atom is -0.392 e. The molecule has 1 heterocycles. The smallest absolute Gasteiger partial charge is 0.107 e. The number of nitrogens with two attached hydrogens (primary N) is 1. The van der Waals surface area contributed by atoms with Gasteiger partial charge >= 0.3 is 0 Å². The largest absolute Gasteiger partial charge is 0.392 e. The van der Waals surface area contributed by atoms with Gasteiger partial charge in [-0.25, -0.2) is 4.39 Å². The van der Waals surface area contributed by atoms with Crippen molar-refractivity contribution < 1.29 is 14.2 Å². The molecule has 5 heteroatoms. The first kappa shape index (κ1) is 16.3. The molecule has 1 saturated heterocycles. The highest BCUT2D eigenvalue weighted by molar-refractivity contribution is 5.24. The highest BCUT2D eigenvalue weighted by atomic mass is 19.1. The second-order valence-electron chi connectivity index (χ2n) is 4.87. The SMILES string of the molecule is C/C=C(\C=C/CN1CCC(O)C1)C(OC)C(N)CF. The van der Waals surface area contributed by atoms with Crippen LogP contribution in [0.3, 0.4) is 0 Å². The topological polar surface area (TPSA) is 58.7 Å². The van der Waals surface area contributed by atoms with Crippen LogP contribution in [-0.2, 0) is 4.74 Å². The van der Waals surface area contributed by atoms with Crippen molar-refractivity contribution in [3.63, 3.8) is 0 Å². The first-order valence-electron chi connectivity index (χ1n) is 6.69. The average Bonchev–Trinajstić information content (AvgIpc) is 2.83. The maximum absolute atomic E-state index is 12.6. The molecule has 110 valence electrons. The molecule has 0 aromatic carbocycles. The number of aliphatic hydroxyl groups excluding tert-OH is 1. The normalized spacial score (nSPS) is 25.1. The summed E-state index contributed by atoms with van der Waals surface area (Å²) < 4.78 is 17.9. The Hall–Kier alpha value is -0.750. The van der Waals surface area contributed by atoms with E-state index in [-0.39, 0.29) is 6.10 Å². The summed E-state index contributed by atoms with van der Waals surface area (Å²) in [7, 11) is 1.54. The molecular formula is C14H25FN2O2. The molecule has 4 nitrogen and oxygen atoms in total. The number of halogens is 1. The van der Waals surface area contributed by atoms with E-state index in [0.717, 1.165) is 25.1 Å². The number of methoxy groups -OCH3 is 1. The number of aliphatic hydroxyl groups is 1. The van der Waals surface area contributed by atoms with E-state index in [1.807, 2.05) is 25.2 Å². The third-order valence-electron chi connectivity index (χ3n) is 3.40. The minimum absolute atomic E-state index is 0.207. The average molecular weight is 272 g/mol. The molecule has 19 heavy (non-hydrogen) atoms. The van der Waals surface area contributed by atoms with Gasteiger partial charge in [-0.05, 0) is 18.9 Å². The summed E-state index contributed by atoms with van der Waals surface area (Å²) in [6.07, 6.45) is 6.02. The van der Waals surface area contributed by atoms with Crippen molar-refractivity contribution in [1.29, 1.82) is 0 Å². The number of β-amino-alcohol motifs (C(OH)–C–C–N with tert-alkyl or cyclic N) is 1. The molecule has 3 atom stereocenters. The van der Waals surface area contributed by atoms with Crippen molar-refractivity contribution >= 4 is 0 Å². The van der Waals surface area contributed by atoms with Crippen molar-refractivity contribution in [3.8, 4) is 0 Å². The van der Waals surface area contributed by atoms with Gasteiger partial charge in [-0.15, -0.1) is 0 Å². The minimum atomic E-state index is -0.644. The molecule has 0 radical (unpaired) electrons. The Bertz CT molecular complexity index is 321. The number of likely N-dealkylation sites (tertiary alicyclic amines) is 1. The molecule has 1 aliphatic heterocycles. The number of hydrogen-bond acceptors (Lipinski definition) is 4. The van der Waals surface area contributed by atoms with E-state index in [4.69, 9.17) is 10.5 Å². The monoisotopic (exact) mass is 272 g/mol. The van der Waals surface area contributed by atoms with Crippen LogP contribution in [-0.4, -0.2) is 61.7 Å². The van der Waals surface area contributed by atoms with Gasteiger partial charge in [-0.2, -0.15) is 0 Å². The fourth-order valence-corrected chi connectivity index (χ4v) is 2.31. The van der Waals surface area contributed by atoms with Crippen LogP contribution in [0.1, 0.15) is 13.3 Å². The summed E-state index contributed by atoms with van der Waals surface area (Å²) in [6.45, 7) is 3.68. The van der Waals surface area contributed by atoms with Gasteiger partial charge in [0.2, 0.25) is 0 Å². The highest BCUT2D eigenvalue weighted by Gasteiger charge is 2.20. The molecule has 0 amide bonds. The van der Waals surface area contributed by atoms with E-state index in [2.05, 4.69) is 4.90 Å². The van der Waals surface area contributed by atoms with Crippen molar-refractivity contribution in [3.05, 3.63) is 23.8 Å².